The fourth-order valence-corrected chi connectivity index (χ4v) is 2.46. The van der Waals surface area contributed by atoms with Crippen LogP contribution in [0.3, 0.4) is 0 Å². The first kappa shape index (κ1) is 14.1. The predicted octanol–water partition coefficient (Wildman–Crippen LogP) is 4.17. The first-order valence-electron chi connectivity index (χ1n) is 7.29. The van der Waals surface area contributed by atoms with Crippen LogP contribution in [0.5, 0.6) is 5.75 Å². The van der Waals surface area contributed by atoms with Crippen molar-refractivity contribution in [3.63, 3.8) is 0 Å². The van der Waals surface area contributed by atoms with Crippen LogP contribution in [0.15, 0.2) is 12.1 Å². The molecule has 1 aliphatic carbocycles. The lowest BCUT2D eigenvalue weighted by Crippen LogP contribution is -2.20. The highest BCUT2D eigenvalue weighted by atomic mass is 16.5. The van der Waals surface area contributed by atoms with Crippen molar-refractivity contribution in [2.75, 3.05) is 6.61 Å². The second-order valence-corrected chi connectivity index (χ2v) is 5.89. The lowest BCUT2D eigenvalue weighted by molar-refractivity contribution is -0.108. The average Bonchev–Trinajstić information content (AvgIpc) is 2.31. The fraction of sp³-hybridized carbons (Fsp3) is 0.588. The van der Waals surface area contributed by atoms with Gasteiger partial charge in [0.05, 0.1) is 6.61 Å². The maximum atomic E-state index is 10.7. The van der Waals surface area contributed by atoms with E-state index in [9.17, 15) is 4.79 Å². The number of rotatable bonds is 6. The molecular weight excluding hydrogens is 236 g/mol. The topological polar surface area (TPSA) is 26.3 Å². The second kappa shape index (κ2) is 6.23. The number of hydrogen-bond acceptors (Lipinski definition) is 2. The van der Waals surface area contributed by atoms with Crippen LogP contribution in [0.4, 0.5) is 0 Å². The van der Waals surface area contributed by atoms with Gasteiger partial charge in [-0.1, -0.05) is 19.4 Å². The van der Waals surface area contributed by atoms with Crippen molar-refractivity contribution in [1.29, 1.82) is 0 Å². The van der Waals surface area contributed by atoms with Crippen LogP contribution in [0.1, 0.15) is 55.2 Å². The van der Waals surface area contributed by atoms with Crippen molar-refractivity contribution in [3.8, 4) is 5.75 Å². The quantitative estimate of drug-likeness (QED) is 0.717. The van der Waals surface area contributed by atoms with E-state index in [0.717, 1.165) is 24.6 Å². The Morgan fingerprint density at radius 3 is 2.58 bits per heavy atom. The molecule has 2 rings (SSSR count). The van der Waals surface area contributed by atoms with Crippen LogP contribution < -0.4 is 4.74 Å². The summed E-state index contributed by atoms with van der Waals surface area (Å²) in [4.78, 5) is 10.7. The second-order valence-electron chi connectivity index (χ2n) is 5.89. The zero-order chi connectivity index (χ0) is 13.8. The Labute approximate surface area is 116 Å². The third kappa shape index (κ3) is 3.37. The van der Waals surface area contributed by atoms with Gasteiger partial charge >= 0.3 is 0 Å². The van der Waals surface area contributed by atoms with Gasteiger partial charge in [-0.05, 0) is 61.3 Å². The summed E-state index contributed by atoms with van der Waals surface area (Å²) in [6.45, 7) is 7.14. The molecule has 104 valence electrons. The van der Waals surface area contributed by atoms with E-state index in [4.69, 9.17) is 4.74 Å². The van der Waals surface area contributed by atoms with Crippen molar-refractivity contribution in [2.24, 2.45) is 5.92 Å². The number of ether oxygens (including phenoxy) is 1. The first-order valence-corrected chi connectivity index (χ1v) is 7.29. The molecule has 1 fully saturated rings. The molecule has 0 heterocycles. The van der Waals surface area contributed by atoms with Crippen LogP contribution in [0.25, 0.3) is 0 Å². The summed E-state index contributed by atoms with van der Waals surface area (Å²) in [6.07, 6.45) is 5.49. The molecule has 0 bridgehead atoms. The van der Waals surface area contributed by atoms with Gasteiger partial charge in [0, 0.05) is 6.42 Å². The number of carbonyl (C=O) groups excluding carboxylic acids is 1. The predicted molar refractivity (Wildman–Crippen MR) is 77.8 cm³/mol. The molecule has 0 radical (unpaired) electrons. The summed E-state index contributed by atoms with van der Waals surface area (Å²) in [5.74, 6) is 1.94. The van der Waals surface area contributed by atoms with E-state index >= 15 is 0 Å². The number of carbonyl (C=O) groups is 1. The summed E-state index contributed by atoms with van der Waals surface area (Å²) in [7, 11) is 0. The van der Waals surface area contributed by atoms with Gasteiger partial charge in [0.15, 0.2) is 0 Å². The highest BCUT2D eigenvalue weighted by Crippen LogP contribution is 2.33. The largest absolute Gasteiger partial charge is 0.493 e. The highest BCUT2D eigenvalue weighted by molar-refractivity contribution is 5.53. The van der Waals surface area contributed by atoms with Crippen molar-refractivity contribution in [2.45, 2.75) is 52.4 Å². The molecule has 19 heavy (non-hydrogen) atoms. The Balaban J connectivity index is 2.17. The SMILES string of the molecule is Cc1cc(OCC2CCC2)c(C(C)CC=O)cc1C. The van der Waals surface area contributed by atoms with Gasteiger partial charge in [-0.2, -0.15) is 0 Å². The van der Waals surface area contributed by atoms with Crippen LogP contribution in [0.2, 0.25) is 0 Å². The van der Waals surface area contributed by atoms with Gasteiger partial charge in [0.2, 0.25) is 0 Å². The highest BCUT2D eigenvalue weighted by Gasteiger charge is 2.20. The normalized spacial score (nSPS) is 16.8. The monoisotopic (exact) mass is 260 g/mol. The Morgan fingerprint density at radius 2 is 2.00 bits per heavy atom. The molecule has 2 heteroatoms. The Bertz CT molecular complexity index is 447. The molecular formula is C17H24O2. The van der Waals surface area contributed by atoms with Crippen LogP contribution >= 0.6 is 0 Å². The zero-order valence-corrected chi connectivity index (χ0v) is 12.2. The molecule has 1 saturated carbocycles. The van der Waals surface area contributed by atoms with Gasteiger partial charge in [0.1, 0.15) is 12.0 Å². The zero-order valence-electron chi connectivity index (χ0n) is 12.2. The van der Waals surface area contributed by atoms with Gasteiger partial charge in [-0.25, -0.2) is 0 Å². The van der Waals surface area contributed by atoms with Crippen molar-refractivity contribution in [1.82, 2.24) is 0 Å². The summed E-state index contributed by atoms with van der Waals surface area (Å²) in [5, 5.41) is 0. The minimum Gasteiger partial charge on any atom is -0.493 e. The van der Waals surface area contributed by atoms with E-state index in [-0.39, 0.29) is 5.92 Å². The molecule has 0 aliphatic heterocycles. The van der Waals surface area contributed by atoms with Gasteiger partial charge in [-0.15, -0.1) is 0 Å². The van der Waals surface area contributed by atoms with E-state index in [1.54, 1.807) is 0 Å². The molecule has 2 nitrogen and oxygen atoms in total. The molecule has 1 unspecified atom stereocenters. The van der Waals surface area contributed by atoms with Crippen molar-refractivity contribution in [3.05, 3.63) is 28.8 Å². The Kier molecular flexibility index (Phi) is 4.62. The fourth-order valence-electron chi connectivity index (χ4n) is 2.46. The smallest absolute Gasteiger partial charge is 0.123 e. The van der Waals surface area contributed by atoms with E-state index in [2.05, 4.69) is 32.9 Å². The lowest BCUT2D eigenvalue weighted by atomic mass is 9.86. The molecule has 0 saturated heterocycles. The molecule has 1 aromatic rings. The van der Waals surface area contributed by atoms with E-state index < -0.39 is 0 Å². The molecule has 0 N–H and O–H groups in total. The maximum absolute atomic E-state index is 10.7. The molecule has 0 aromatic heterocycles. The van der Waals surface area contributed by atoms with Crippen LogP contribution in [-0.4, -0.2) is 12.9 Å². The standard InChI is InChI=1S/C17H24O2/c1-12(7-8-18)16-9-13(2)14(3)10-17(16)19-11-15-5-4-6-15/h8-10,12,15H,4-7,11H2,1-3H3. The third-order valence-electron chi connectivity index (χ3n) is 4.31. The third-order valence-corrected chi connectivity index (χ3v) is 4.31. The average molecular weight is 260 g/mol. The number of aldehydes is 1. The summed E-state index contributed by atoms with van der Waals surface area (Å²) in [5.41, 5.74) is 3.70. The summed E-state index contributed by atoms with van der Waals surface area (Å²) < 4.78 is 6.03. The Hall–Kier alpha value is -1.31. The van der Waals surface area contributed by atoms with Gasteiger partial charge in [0.25, 0.3) is 0 Å². The maximum Gasteiger partial charge on any atom is 0.123 e. The molecule has 0 spiro atoms. The van der Waals surface area contributed by atoms with Gasteiger partial charge in [-0.3, -0.25) is 0 Å². The molecule has 1 aliphatic rings. The molecule has 1 aromatic carbocycles. The van der Waals surface area contributed by atoms with E-state index in [0.29, 0.717) is 6.42 Å². The number of hydrogen-bond donors (Lipinski definition) is 0. The minimum absolute atomic E-state index is 0.230. The number of benzene rings is 1. The Morgan fingerprint density at radius 1 is 1.32 bits per heavy atom. The summed E-state index contributed by atoms with van der Waals surface area (Å²) in [6, 6.07) is 4.31. The number of aryl methyl sites for hydroxylation is 2. The minimum atomic E-state index is 0.230. The lowest BCUT2D eigenvalue weighted by Gasteiger charge is -2.26. The summed E-state index contributed by atoms with van der Waals surface area (Å²) >= 11 is 0. The van der Waals surface area contributed by atoms with E-state index in [1.165, 1.54) is 36.0 Å². The van der Waals surface area contributed by atoms with Crippen molar-refractivity contribution < 1.29 is 9.53 Å². The van der Waals surface area contributed by atoms with Crippen LogP contribution in [0, 0.1) is 19.8 Å². The van der Waals surface area contributed by atoms with Crippen molar-refractivity contribution >= 4 is 6.29 Å². The first-order chi connectivity index (χ1) is 9.11. The van der Waals surface area contributed by atoms with Gasteiger partial charge < -0.3 is 9.53 Å². The van der Waals surface area contributed by atoms with E-state index in [1.807, 2.05) is 0 Å². The van der Waals surface area contributed by atoms with Crippen LogP contribution in [-0.2, 0) is 4.79 Å². The molecule has 0 amide bonds. The molecule has 1 atom stereocenters.